The van der Waals surface area contributed by atoms with Crippen molar-refractivity contribution in [1.29, 1.82) is 0 Å². The lowest BCUT2D eigenvalue weighted by Gasteiger charge is -2.25. The fourth-order valence-electron chi connectivity index (χ4n) is 5.09. The van der Waals surface area contributed by atoms with E-state index in [2.05, 4.69) is 4.99 Å². The zero-order valence-corrected chi connectivity index (χ0v) is 21.0. The molecule has 0 spiro atoms. The lowest BCUT2D eigenvalue weighted by molar-refractivity contribution is -0.131. The van der Waals surface area contributed by atoms with Crippen LogP contribution in [0.5, 0.6) is 0 Å². The van der Waals surface area contributed by atoms with Gasteiger partial charge in [0.25, 0.3) is 5.91 Å². The van der Waals surface area contributed by atoms with E-state index >= 15 is 0 Å². The van der Waals surface area contributed by atoms with Gasteiger partial charge in [-0.2, -0.15) is 0 Å². The van der Waals surface area contributed by atoms with Crippen LogP contribution in [0.25, 0.3) is 11.1 Å². The highest BCUT2D eigenvalue weighted by molar-refractivity contribution is 6.30. The first-order chi connectivity index (χ1) is 17.3. The molecular formula is C29H29ClN4O2. The summed E-state index contributed by atoms with van der Waals surface area (Å²) in [5.74, 6) is 0.352. The summed E-state index contributed by atoms with van der Waals surface area (Å²) in [5.41, 5.74) is 8.90. The van der Waals surface area contributed by atoms with Gasteiger partial charge in [0.15, 0.2) is 11.5 Å². The molecule has 0 aliphatic carbocycles. The summed E-state index contributed by atoms with van der Waals surface area (Å²) < 4.78 is 0. The highest BCUT2D eigenvalue weighted by Crippen LogP contribution is 2.36. The summed E-state index contributed by atoms with van der Waals surface area (Å²) in [6.07, 6.45) is 1.22. The van der Waals surface area contributed by atoms with Gasteiger partial charge in [-0.05, 0) is 59.7 Å². The first kappa shape index (κ1) is 24.1. The predicted octanol–water partition coefficient (Wildman–Crippen LogP) is 4.47. The molecule has 0 bridgehead atoms. The van der Waals surface area contributed by atoms with Crippen LogP contribution in [0.3, 0.4) is 0 Å². The van der Waals surface area contributed by atoms with Crippen LogP contribution in [0.15, 0.2) is 83.9 Å². The molecule has 2 unspecified atom stereocenters. The van der Waals surface area contributed by atoms with Crippen LogP contribution in [0.4, 0.5) is 0 Å². The maximum absolute atomic E-state index is 13.6. The van der Waals surface area contributed by atoms with Gasteiger partial charge >= 0.3 is 0 Å². The Kier molecular flexibility index (Phi) is 6.54. The Morgan fingerprint density at radius 1 is 1.06 bits per heavy atom. The number of likely N-dealkylation sites (tertiary alicyclic amines) is 1. The summed E-state index contributed by atoms with van der Waals surface area (Å²) in [5, 5.41) is 0.655. The van der Waals surface area contributed by atoms with Crippen molar-refractivity contribution >= 4 is 29.4 Å². The van der Waals surface area contributed by atoms with Gasteiger partial charge in [-0.15, -0.1) is 0 Å². The Morgan fingerprint density at radius 3 is 2.53 bits per heavy atom. The second-order valence-electron chi connectivity index (χ2n) is 9.71. The fourth-order valence-corrected chi connectivity index (χ4v) is 5.28. The zero-order valence-electron chi connectivity index (χ0n) is 20.2. The summed E-state index contributed by atoms with van der Waals surface area (Å²) in [6.45, 7) is 3.56. The van der Waals surface area contributed by atoms with E-state index in [4.69, 9.17) is 17.3 Å². The lowest BCUT2D eigenvalue weighted by atomic mass is 9.89. The molecule has 36 heavy (non-hydrogen) atoms. The second kappa shape index (κ2) is 9.78. The first-order valence-corrected chi connectivity index (χ1v) is 12.6. The topological polar surface area (TPSA) is 79.0 Å². The molecule has 2 aliphatic rings. The Balaban J connectivity index is 1.27. The van der Waals surface area contributed by atoms with Crippen molar-refractivity contribution in [2.45, 2.75) is 25.3 Å². The minimum atomic E-state index is -1.10. The molecule has 7 heteroatoms. The van der Waals surface area contributed by atoms with Gasteiger partial charge in [-0.25, -0.2) is 4.99 Å². The molecule has 1 fully saturated rings. The van der Waals surface area contributed by atoms with Gasteiger partial charge in [0, 0.05) is 24.7 Å². The van der Waals surface area contributed by atoms with Crippen molar-refractivity contribution in [2.75, 3.05) is 19.6 Å². The molecule has 0 aromatic heterocycles. The second-order valence-corrected chi connectivity index (χ2v) is 10.1. The van der Waals surface area contributed by atoms with E-state index in [-0.39, 0.29) is 23.7 Å². The number of halogens is 1. The first-order valence-electron chi connectivity index (χ1n) is 12.2. The van der Waals surface area contributed by atoms with Crippen LogP contribution in [-0.4, -0.2) is 47.2 Å². The Labute approximate surface area is 216 Å². The van der Waals surface area contributed by atoms with Gasteiger partial charge in [0.05, 0.1) is 6.42 Å². The number of benzene rings is 3. The Bertz CT molecular complexity index is 1330. The normalized spacial score (nSPS) is 21.7. The third-order valence-corrected chi connectivity index (χ3v) is 7.37. The smallest absolute Gasteiger partial charge is 0.261 e. The predicted molar refractivity (Wildman–Crippen MR) is 142 cm³/mol. The molecule has 2 aliphatic heterocycles. The molecule has 2 heterocycles. The van der Waals surface area contributed by atoms with Gasteiger partial charge in [-0.3, -0.25) is 14.5 Å². The third-order valence-electron chi connectivity index (χ3n) is 7.14. The van der Waals surface area contributed by atoms with E-state index in [9.17, 15) is 9.59 Å². The number of carbonyl (C=O) groups excluding carboxylic acids is 2. The largest absolute Gasteiger partial charge is 0.369 e. The van der Waals surface area contributed by atoms with Gasteiger partial charge in [-0.1, -0.05) is 72.3 Å². The molecular weight excluding hydrogens is 472 g/mol. The number of hydrogen-bond acceptors (Lipinski definition) is 4. The molecule has 1 saturated heterocycles. The van der Waals surface area contributed by atoms with Crippen LogP contribution in [0.2, 0.25) is 5.02 Å². The van der Waals surface area contributed by atoms with Gasteiger partial charge in [0.1, 0.15) is 0 Å². The van der Waals surface area contributed by atoms with Crippen molar-refractivity contribution in [2.24, 2.45) is 16.6 Å². The van der Waals surface area contributed by atoms with E-state index in [1.54, 1.807) is 4.90 Å². The van der Waals surface area contributed by atoms with E-state index in [0.29, 0.717) is 31.1 Å². The number of amides is 2. The molecule has 5 rings (SSSR count). The molecule has 2 N–H and O–H groups in total. The van der Waals surface area contributed by atoms with E-state index in [1.807, 2.05) is 90.7 Å². The average molecular weight is 501 g/mol. The number of rotatable bonds is 6. The monoisotopic (exact) mass is 500 g/mol. The standard InChI is InChI=1S/C29H29ClN4O2/c1-29(24-11-5-9-22(16-24)23-10-6-12-25(30)17-23)27(36)34(28(31)32-29)19-21-13-14-33(18-21)26(35)15-20-7-3-2-4-8-20/h2-12,16-17,21H,13-15,18-19H2,1H3,(H2,31,32). The van der Waals surface area contributed by atoms with E-state index in [0.717, 1.165) is 28.7 Å². The molecule has 0 saturated carbocycles. The Hall–Kier alpha value is -3.64. The molecule has 3 aromatic rings. The molecule has 2 atom stereocenters. The minimum absolute atomic E-state index is 0.112. The number of nitrogens with zero attached hydrogens (tertiary/aromatic N) is 3. The van der Waals surface area contributed by atoms with Gasteiger partial charge < -0.3 is 10.6 Å². The summed E-state index contributed by atoms with van der Waals surface area (Å²) >= 11 is 6.18. The molecule has 0 radical (unpaired) electrons. The molecule has 3 aromatic carbocycles. The van der Waals surface area contributed by atoms with Crippen molar-refractivity contribution in [1.82, 2.24) is 9.80 Å². The van der Waals surface area contributed by atoms with Crippen LogP contribution in [0, 0.1) is 5.92 Å². The van der Waals surface area contributed by atoms with Gasteiger partial charge in [0.2, 0.25) is 5.91 Å². The zero-order chi connectivity index (χ0) is 25.3. The van der Waals surface area contributed by atoms with Crippen LogP contribution in [-0.2, 0) is 21.5 Å². The summed E-state index contributed by atoms with van der Waals surface area (Å²) in [4.78, 5) is 34.5. The summed E-state index contributed by atoms with van der Waals surface area (Å²) in [7, 11) is 0. The van der Waals surface area contributed by atoms with Crippen LogP contribution < -0.4 is 5.73 Å². The minimum Gasteiger partial charge on any atom is -0.369 e. The molecule has 2 amide bonds. The van der Waals surface area contributed by atoms with E-state index < -0.39 is 5.54 Å². The fraction of sp³-hybridized carbons (Fsp3) is 0.276. The number of carbonyl (C=O) groups is 2. The lowest BCUT2D eigenvalue weighted by Crippen LogP contribution is -2.45. The third kappa shape index (κ3) is 4.73. The van der Waals surface area contributed by atoms with Crippen molar-refractivity contribution in [3.8, 4) is 11.1 Å². The van der Waals surface area contributed by atoms with Crippen molar-refractivity contribution < 1.29 is 9.59 Å². The average Bonchev–Trinajstić information content (AvgIpc) is 3.44. The van der Waals surface area contributed by atoms with Crippen molar-refractivity contribution in [3.05, 3.63) is 95.0 Å². The highest BCUT2D eigenvalue weighted by atomic mass is 35.5. The maximum atomic E-state index is 13.6. The highest BCUT2D eigenvalue weighted by Gasteiger charge is 2.46. The number of hydrogen-bond donors (Lipinski definition) is 1. The SMILES string of the molecule is CC1(c2cccc(-c3cccc(Cl)c3)c2)N=C(N)N(CC2CCN(C(=O)Cc3ccccc3)C2)C1=O. The van der Waals surface area contributed by atoms with E-state index in [1.165, 1.54) is 0 Å². The Morgan fingerprint density at radius 2 is 1.78 bits per heavy atom. The maximum Gasteiger partial charge on any atom is 0.261 e. The number of nitrogens with two attached hydrogens (primary N) is 1. The van der Waals surface area contributed by atoms with Crippen LogP contribution in [0.1, 0.15) is 24.5 Å². The number of guanidine groups is 1. The summed E-state index contributed by atoms with van der Waals surface area (Å²) in [6, 6.07) is 25.2. The molecule has 6 nitrogen and oxygen atoms in total. The van der Waals surface area contributed by atoms with Crippen molar-refractivity contribution in [3.63, 3.8) is 0 Å². The van der Waals surface area contributed by atoms with Crippen LogP contribution >= 0.6 is 11.6 Å². The number of aliphatic imine (C=N–C) groups is 1. The molecule has 184 valence electrons. The quantitative estimate of drug-likeness (QED) is 0.542.